The molecule has 0 atom stereocenters. The summed E-state index contributed by atoms with van der Waals surface area (Å²) in [7, 11) is 1.33. The minimum absolute atomic E-state index is 0.00201. The summed E-state index contributed by atoms with van der Waals surface area (Å²) in [6.45, 7) is 9.99. The molecule has 0 saturated heterocycles. The maximum absolute atomic E-state index is 12.0. The highest BCUT2D eigenvalue weighted by Crippen LogP contribution is 2.23. The van der Waals surface area contributed by atoms with Crippen LogP contribution < -0.4 is 0 Å². The smallest absolute Gasteiger partial charge is 0.325 e. The highest BCUT2D eigenvalue weighted by atomic mass is 32.2. The van der Waals surface area contributed by atoms with E-state index in [1.165, 1.54) is 7.11 Å². The van der Waals surface area contributed by atoms with Crippen LogP contribution in [0, 0.1) is 0 Å². The van der Waals surface area contributed by atoms with E-state index in [-0.39, 0.29) is 29.2 Å². The van der Waals surface area contributed by atoms with Crippen molar-refractivity contribution >= 4 is 23.6 Å². The molecule has 0 bridgehead atoms. The average Bonchev–Trinajstić information content (AvgIpc) is 2.20. The van der Waals surface area contributed by atoms with Crippen LogP contribution in [0.15, 0.2) is 0 Å². The Morgan fingerprint density at radius 2 is 1.82 bits per heavy atom. The second-order valence-electron chi connectivity index (χ2n) is 5.09. The van der Waals surface area contributed by atoms with E-state index >= 15 is 0 Å². The molecule has 0 saturated carbocycles. The van der Waals surface area contributed by atoms with Crippen molar-refractivity contribution < 1.29 is 14.3 Å². The molecular weight excluding hydrogens is 238 g/mol. The fourth-order valence-corrected chi connectivity index (χ4v) is 1.85. The molecule has 0 spiro atoms. The first-order chi connectivity index (χ1) is 7.67. The van der Waals surface area contributed by atoms with Crippen LogP contribution >= 0.6 is 11.8 Å². The van der Waals surface area contributed by atoms with Crippen LogP contribution in [0.3, 0.4) is 0 Å². The van der Waals surface area contributed by atoms with Gasteiger partial charge in [0.15, 0.2) is 0 Å². The first-order valence-electron chi connectivity index (χ1n) is 5.67. The van der Waals surface area contributed by atoms with E-state index in [0.717, 1.165) is 0 Å². The Labute approximate surface area is 108 Å². The minimum atomic E-state index is -0.382. The number of nitrogens with zero attached hydrogens (tertiary/aromatic N) is 1. The van der Waals surface area contributed by atoms with Crippen LogP contribution in [0.1, 0.15) is 34.6 Å². The largest absolute Gasteiger partial charge is 0.468 e. The van der Waals surface area contributed by atoms with Crippen LogP contribution in [0.4, 0.5) is 0 Å². The number of carbonyl (C=O) groups excluding carboxylic acids is 2. The number of thioether (sulfide) groups is 1. The SMILES string of the molecule is COC(=O)CN(C(=O)CSC(C)(C)C)C(C)C. The van der Waals surface area contributed by atoms with Gasteiger partial charge in [0, 0.05) is 10.8 Å². The zero-order valence-corrected chi connectivity index (χ0v) is 12.4. The molecule has 0 unspecified atom stereocenters. The maximum atomic E-state index is 12.0. The fraction of sp³-hybridized carbons (Fsp3) is 0.833. The second-order valence-corrected chi connectivity index (χ2v) is 6.89. The number of ether oxygens (including phenoxy) is 1. The number of hydrogen-bond donors (Lipinski definition) is 0. The Hall–Kier alpha value is -0.710. The molecule has 100 valence electrons. The van der Waals surface area contributed by atoms with Gasteiger partial charge < -0.3 is 9.64 Å². The van der Waals surface area contributed by atoms with Crippen molar-refractivity contribution in [2.24, 2.45) is 0 Å². The number of carbonyl (C=O) groups is 2. The molecule has 0 aromatic rings. The van der Waals surface area contributed by atoms with Gasteiger partial charge in [0.2, 0.25) is 5.91 Å². The number of esters is 1. The summed E-state index contributed by atoms with van der Waals surface area (Å²) in [4.78, 5) is 24.7. The van der Waals surface area contributed by atoms with Crippen LogP contribution in [0.2, 0.25) is 0 Å². The number of rotatable bonds is 5. The molecule has 0 fully saturated rings. The number of methoxy groups -OCH3 is 1. The van der Waals surface area contributed by atoms with E-state index in [1.54, 1.807) is 16.7 Å². The molecule has 0 aliphatic heterocycles. The van der Waals surface area contributed by atoms with Gasteiger partial charge in [-0.3, -0.25) is 9.59 Å². The molecule has 4 nitrogen and oxygen atoms in total. The molecule has 0 aliphatic carbocycles. The standard InChI is InChI=1S/C12H23NO3S/c1-9(2)13(7-11(15)16-6)10(14)8-17-12(3,4)5/h9H,7-8H2,1-6H3. The monoisotopic (exact) mass is 261 g/mol. The summed E-state index contributed by atoms with van der Waals surface area (Å²) in [6, 6.07) is 0.00201. The Morgan fingerprint density at radius 1 is 1.29 bits per heavy atom. The molecule has 0 heterocycles. The number of hydrogen-bond acceptors (Lipinski definition) is 4. The maximum Gasteiger partial charge on any atom is 0.325 e. The van der Waals surface area contributed by atoms with Gasteiger partial charge >= 0.3 is 5.97 Å². The Balaban J connectivity index is 4.40. The van der Waals surface area contributed by atoms with Gasteiger partial charge in [-0.15, -0.1) is 11.8 Å². The van der Waals surface area contributed by atoms with Crippen molar-refractivity contribution in [3.05, 3.63) is 0 Å². The molecule has 0 rings (SSSR count). The third-order valence-electron chi connectivity index (χ3n) is 2.10. The van der Waals surface area contributed by atoms with Gasteiger partial charge in [-0.1, -0.05) is 20.8 Å². The molecule has 17 heavy (non-hydrogen) atoms. The quantitative estimate of drug-likeness (QED) is 0.709. The molecule has 5 heteroatoms. The van der Waals surface area contributed by atoms with E-state index in [0.29, 0.717) is 5.75 Å². The Bertz CT molecular complexity index is 271. The highest BCUT2D eigenvalue weighted by Gasteiger charge is 2.22. The van der Waals surface area contributed by atoms with E-state index in [2.05, 4.69) is 25.5 Å². The summed E-state index contributed by atoms with van der Waals surface area (Å²) >= 11 is 1.58. The van der Waals surface area contributed by atoms with Crippen molar-refractivity contribution in [1.29, 1.82) is 0 Å². The average molecular weight is 261 g/mol. The highest BCUT2D eigenvalue weighted by molar-refractivity contribution is 8.01. The van der Waals surface area contributed by atoms with E-state index in [4.69, 9.17) is 0 Å². The molecule has 0 N–H and O–H groups in total. The van der Waals surface area contributed by atoms with Crippen LogP contribution in [-0.2, 0) is 14.3 Å². The summed E-state index contributed by atoms with van der Waals surface area (Å²) in [6.07, 6.45) is 0. The molecule has 0 aromatic heterocycles. The van der Waals surface area contributed by atoms with Crippen molar-refractivity contribution in [2.45, 2.75) is 45.4 Å². The van der Waals surface area contributed by atoms with Gasteiger partial charge in [0.05, 0.1) is 12.9 Å². The lowest BCUT2D eigenvalue weighted by molar-refractivity contribution is -0.147. The first-order valence-corrected chi connectivity index (χ1v) is 6.66. The van der Waals surface area contributed by atoms with E-state index < -0.39 is 0 Å². The van der Waals surface area contributed by atoms with Gasteiger partial charge in [-0.25, -0.2) is 0 Å². The lowest BCUT2D eigenvalue weighted by Crippen LogP contribution is -2.42. The van der Waals surface area contributed by atoms with Gasteiger partial charge in [-0.2, -0.15) is 0 Å². The van der Waals surface area contributed by atoms with Crippen LogP contribution in [-0.4, -0.2) is 47.0 Å². The third-order valence-corrected chi connectivity index (χ3v) is 3.36. The normalized spacial score (nSPS) is 11.5. The van der Waals surface area contributed by atoms with Crippen molar-refractivity contribution in [3.8, 4) is 0 Å². The second kappa shape index (κ2) is 6.89. The molecule has 1 amide bonds. The minimum Gasteiger partial charge on any atom is -0.468 e. The van der Waals surface area contributed by atoms with Gasteiger partial charge in [0.1, 0.15) is 6.54 Å². The Morgan fingerprint density at radius 3 is 2.18 bits per heavy atom. The fourth-order valence-electron chi connectivity index (χ4n) is 1.12. The first kappa shape index (κ1) is 16.3. The lowest BCUT2D eigenvalue weighted by Gasteiger charge is -2.27. The predicted molar refractivity (Wildman–Crippen MR) is 71.1 cm³/mol. The van der Waals surface area contributed by atoms with Crippen molar-refractivity contribution in [1.82, 2.24) is 4.90 Å². The molecular formula is C12H23NO3S. The summed E-state index contributed by atoms with van der Waals surface area (Å²) < 4.78 is 4.63. The topological polar surface area (TPSA) is 46.6 Å². The van der Waals surface area contributed by atoms with Crippen LogP contribution in [0.5, 0.6) is 0 Å². The van der Waals surface area contributed by atoms with Crippen molar-refractivity contribution in [2.75, 3.05) is 19.4 Å². The van der Waals surface area contributed by atoms with Crippen molar-refractivity contribution in [3.63, 3.8) is 0 Å². The summed E-state index contributed by atoms with van der Waals surface area (Å²) in [5, 5.41) is 0. The lowest BCUT2D eigenvalue weighted by atomic mass is 10.3. The predicted octanol–water partition coefficient (Wildman–Crippen LogP) is 1.93. The summed E-state index contributed by atoms with van der Waals surface area (Å²) in [5.74, 6) is -0.0169. The van der Waals surface area contributed by atoms with Gasteiger partial charge in [-0.05, 0) is 13.8 Å². The molecule has 0 aliphatic rings. The van der Waals surface area contributed by atoms with E-state index in [1.807, 2.05) is 13.8 Å². The third kappa shape index (κ3) is 7.26. The zero-order chi connectivity index (χ0) is 13.6. The number of amides is 1. The molecule has 0 radical (unpaired) electrons. The molecule has 0 aromatic carbocycles. The summed E-state index contributed by atoms with van der Waals surface area (Å²) in [5.41, 5.74) is 0. The van der Waals surface area contributed by atoms with E-state index in [9.17, 15) is 9.59 Å². The Kier molecular flexibility index (Phi) is 6.60. The zero-order valence-electron chi connectivity index (χ0n) is 11.6. The van der Waals surface area contributed by atoms with Crippen LogP contribution in [0.25, 0.3) is 0 Å². The van der Waals surface area contributed by atoms with Gasteiger partial charge in [0.25, 0.3) is 0 Å².